The monoisotopic (exact) mass is 468 g/mol. The highest BCUT2D eigenvalue weighted by Crippen LogP contribution is 2.40. The average molecular weight is 469 g/mol. The van der Waals surface area contributed by atoms with E-state index in [4.69, 9.17) is 9.72 Å². The van der Waals surface area contributed by atoms with Gasteiger partial charge in [0.25, 0.3) is 0 Å². The number of hydrogen-bond acceptors (Lipinski definition) is 5. The number of imidazole rings is 1. The first kappa shape index (κ1) is 22.8. The Kier molecular flexibility index (Phi) is 5.83. The number of fused-ring (bicyclic) bond motifs is 3. The summed E-state index contributed by atoms with van der Waals surface area (Å²) in [6.07, 6.45) is 4.23. The molecule has 176 valence electrons. The topological polar surface area (TPSA) is 83.4 Å². The van der Waals surface area contributed by atoms with Gasteiger partial charge in [0.05, 0.1) is 23.2 Å². The molecule has 0 aliphatic carbocycles. The molecule has 6 nitrogen and oxygen atoms in total. The van der Waals surface area contributed by atoms with Crippen LogP contribution in [0, 0.1) is 24.1 Å². The molecule has 0 saturated heterocycles. The molecule has 4 aromatic rings. The normalized spacial score (nSPS) is 15.0. The van der Waals surface area contributed by atoms with Crippen molar-refractivity contribution in [2.75, 3.05) is 0 Å². The molecule has 7 heteroatoms. The number of benzene rings is 2. The van der Waals surface area contributed by atoms with E-state index < -0.39 is 11.9 Å². The summed E-state index contributed by atoms with van der Waals surface area (Å²) in [7, 11) is 0. The molecule has 5 rings (SSSR count). The minimum absolute atomic E-state index is 0.187. The van der Waals surface area contributed by atoms with Gasteiger partial charge in [0, 0.05) is 35.2 Å². The number of halogens is 1. The zero-order valence-electron chi connectivity index (χ0n) is 19.8. The first-order chi connectivity index (χ1) is 16.9. The number of allylic oxidation sites excluding steroid dienone is 1. The van der Waals surface area contributed by atoms with Gasteiger partial charge in [-0.1, -0.05) is 25.5 Å². The predicted octanol–water partition coefficient (Wildman–Crippen LogP) is 5.45. The number of nitrogens with zero attached hydrogens (tertiary/aromatic N) is 4. The van der Waals surface area contributed by atoms with Crippen molar-refractivity contribution in [3.8, 4) is 11.8 Å². The van der Waals surface area contributed by atoms with Crippen LogP contribution in [0.3, 0.4) is 0 Å². The number of rotatable bonds is 4. The smallest absolute Gasteiger partial charge is 0.158 e. The largest absolute Gasteiger partial charge is 0.488 e. The Bertz CT molecular complexity index is 1530. The molecule has 3 heterocycles. The van der Waals surface area contributed by atoms with Crippen LogP contribution in [0.5, 0.6) is 5.75 Å². The number of nitriles is 1. The Hall–Kier alpha value is -4.02. The maximum Gasteiger partial charge on any atom is 0.158 e. The van der Waals surface area contributed by atoms with E-state index in [0.29, 0.717) is 28.0 Å². The van der Waals surface area contributed by atoms with Crippen molar-refractivity contribution in [3.63, 3.8) is 0 Å². The lowest BCUT2D eigenvalue weighted by atomic mass is 9.89. The highest BCUT2D eigenvalue weighted by molar-refractivity contribution is 5.88. The highest BCUT2D eigenvalue weighted by Gasteiger charge is 2.26. The summed E-state index contributed by atoms with van der Waals surface area (Å²) in [5.74, 6) is -0.0106. The zero-order valence-corrected chi connectivity index (χ0v) is 19.8. The second-order valence-corrected chi connectivity index (χ2v) is 8.76. The maximum absolute atomic E-state index is 13.9. The van der Waals surface area contributed by atoms with Gasteiger partial charge in [0.15, 0.2) is 5.65 Å². The van der Waals surface area contributed by atoms with E-state index in [2.05, 4.69) is 18.0 Å². The highest BCUT2D eigenvalue weighted by atomic mass is 19.1. The Morgan fingerprint density at radius 2 is 2.06 bits per heavy atom. The van der Waals surface area contributed by atoms with E-state index in [9.17, 15) is 14.8 Å². The standard InChI is InChI=1S/C28H25FN4O2/c1-4-5-23-26(33-11-10-31-17(3)28(33)32-23)27(34)18-6-8-21-19(12-18)15-35-24-13-20(29)7-9-22(24)25(21)16(2)14-30/h6-13,27,34H,4-5,15H2,1-3H3/b25-16-. The Balaban J connectivity index is 1.65. The maximum atomic E-state index is 13.9. The molecule has 1 aliphatic rings. The number of hydrogen-bond donors (Lipinski definition) is 1. The molecule has 0 fully saturated rings. The molecule has 2 aromatic carbocycles. The minimum atomic E-state index is -0.925. The van der Waals surface area contributed by atoms with E-state index in [1.165, 1.54) is 12.1 Å². The molecule has 0 radical (unpaired) electrons. The number of aliphatic hydroxyl groups excluding tert-OH is 1. The van der Waals surface area contributed by atoms with Crippen LogP contribution in [-0.2, 0) is 13.0 Å². The first-order valence-corrected chi connectivity index (χ1v) is 11.6. The molecule has 0 bridgehead atoms. The van der Waals surface area contributed by atoms with Gasteiger partial charge in [-0.15, -0.1) is 0 Å². The molecule has 0 saturated carbocycles. The molecule has 0 spiro atoms. The number of aromatic nitrogens is 3. The predicted molar refractivity (Wildman–Crippen MR) is 130 cm³/mol. The fraction of sp³-hybridized carbons (Fsp3) is 0.250. The SMILES string of the molecule is CCCc1nc2c(C)nccn2c1C(O)c1ccc2c(c1)COc1cc(F)ccc1/C2=C(/C)C#N. The molecule has 1 N–H and O–H groups in total. The summed E-state index contributed by atoms with van der Waals surface area (Å²) < 4.78 is 21.8. The van der Waals surface area contributed by atoms with Crippen LogP contribution in [-0.4, -0.2) is 19.5 Å². The fourth-order valence-electron chi connectivity index (χ4n) is 4.77. The van der Waals surface area contributed by atoms with E-state index in [1.807, 2.05) is 35.7 Å². The van der Waals surface area contributed by atoms with Gasteiger partial charge in [0.2, 0.25) is 0 Å². The number of aliphatic hydroxyl groups is 1. The summed E-state index contributed by atoms with van der Waals surface area (Å²) in [6, 6.07) is 12.3. The summed E-state index contributed by atoms with van der Waals surface area (Å²) >= 11 is 0. The molecular weight excluding hydrogens is 443 g/mol. The van der Waals surface area contributed by atoms with Crippen molar-refractivity contribution in [3.05, 3.63) is 99.5 Å². The quantitative estimate of drug-likeness (QED) is 0.403. The van der Waals surface area contributed by atoms with Gasteiger partial charge in [-0.3, -0.25) is 9.38 Å². The molecule has 2 aromatic heterocycles. The lowest BCUT2D eigenvalue weighted by molar-refractivity contribution is 0.212. The van der Waals surface area contributed by atoms with Crippen molar-refractivity contribution in [2.24, 2.45) is 0 Å². The molecule has 1 aliphatic heterocycles. The van der Waals surface area contributed by atoms with Crippen LogP contribution in [0.1, 0.15) is 65.7 Å². The summed E-state index contributed by atoms with van der Waals surface area (Å²) in [4.78, 5) is 9.11. The van der Waals surface area contributed by atoms with E-state index >= 15 is 0 Å². The molecule has 1 unspecified atom stereocenters. The third-order valence-corrected chi connectivity index (χ3v) is 6.43. The van der Waals surface area contributed by atoms with Crippen molar-refractivity contribution in [2.45, 2.75) is 46.3 Å². The van der Waals surface area contributed by atoms with E-state index in [-0.39, 0.29) is 6.61 Å². The van der Waals surface area contributed by atoms with Gasteiger partial charge < -0.3 is 9.84 Å². The average Bonchev–Trinajstić information content (AvgIpc) is 3.15. The number of aryl methyl sites for hydroxylation is 2. The second-order valence-electron chi connectivity index (χ2n) is 8.76. The molecule has 1 atom stereocenters. The lowest BCUT2D eigenvalue weighted by Gasteiger charge is -2.17. The van der Waals surface area contributed by atoms with Crippen LogP contribution in [0.2, 0.25) is 0 Å². The summed E-state index contributed by atoms with van der Waals surface area (Å²) in [5.41, 5.74) is 7.30. The van der Waals surface area contributed by atoms with Gasteiger partial charge in [-0.25, -0.2) is 9.37 Å². The Morgan fingerprint density at radius 1 is 1.26 bits per heavy atom. The minimum Gasteiger partial charge on any atom is -0.488 e. The zero-order chi connectivity index (χ0) is 24.7. The van der Waals surface area contributed by atoms with Crippen LogP contribution < -0.4 is 4.74 Å². The van der Waals surface area contributed by atoms with Gasteiger partial charge in [-0.05, 0) is 55.2 Å². The Morgan fingerprint density at radius 3 is 2.83 bits per heavy atom. The third-order valence-electron chi connectivity index (χ3n) is 6.43. The summed E-state index contributed by atoms with van der Waals surface area (Å²) in [5, 5.41) is 21.2. The van der Waals surface area contributed by atoms with Crippen molar-refractivity contribution >= 4 is 11.2 Å². The molecule has 35 heavy (non-hydrogen) atoms. The third kappa shape index (κ3) is 3.86. The van der Waals surface area contributed by atoms with Gasteiger partial charge in [0.1, 0.15) is 24.3 Å². The van der Waals surface area contributed by atoms with E-state index in [1.54, 1.807) is 19.2 Å². The fourth-order valence-corrected chi connectivity index (χ4v) is 4.77. The van der Waals surface area contributed by atoms with E-state index in [0.717, 1.165) is 46.7 Å². The van der Waals surface area contributed by atoms with Crippen LogP contribution >= 0.6 is 0 Å². The number of ether oxygens (including phenoxy) is 1. The second kappa shape index (κ2) is 8.97. The van der Waals surface area contributed by atoms with Crippen LogP contribution in [0.4, 0.5) is 4.39 Å². The molecular formula is C28H25FN4O2. The van der Waals surface area contributed by atoms with Crippen molar-refractivity contribution in [1.82, 2.24) is 14.4 Å². The Labute approximate surface area is 203 Å². The lowest BCUT2D eigenvalue weighted by Crippen LogP contribution is -2.08. The van der Waals surface area contributed by atoms with Gasteiger partial charge >= 0.3 is 0 Å². The molecule has 0 amide bonds. The van der Waals surface area contributed by atoms with Crippen LogP contribution in [0.25, 0.3) is 11.2 Å². The first-order valence-electron chi connectivity index (χ1n) is 11.6. The van der Waals surface area contributed by atoms with Crippen molar-refractivity contribution in [1.29, 1.82) is 5.26 Å². The summed E-state index contributed by atoms with van der Waals surface area (Å²) in [6.45, 7) is 5.91. The van der Waals surface area contributed by atoms with Crippen molar-refractivity contribution < 1.29 is 14.2 Å². The van der Waals surface area contributed by atoms with Gasteiger partial charge in [-0.2, -0.15) is 5.26 Å². The van der Waals surface area contributed by atoms with Crippen LogP contribution in [0.15, 0.2) is 54.4 Å².